The lowest BCUT2D eigenvalue weighted by molar-refractivity contribution is 0.576. The van der Waals surface area contributed by atoms with Gasteiger partial charge in [0.2, 0.25) is 10.0 Å². The summed E-state index contributed by atoms with van der Waals surface area (Å²) < 4.78 is 27.3. The molecule has 0 atom stereocenters. The van der Waals surface area contributed by atoms with E-state index in [9.17, 15) is 8.42 Å². The SMILES string of the molecule is NCCCCCNS(=O)(=O)c1cccc2ccccc12. The molecule has 0 saturated carbocycles. The van der Waals surface area contributed by atoms with Crippen molar-refractivity contribution in [1.29, 1.82) is 0 Å². The predicted molar refractivity (Wildman–Crippen MR) is 82.0 cm³/mol. The first kappa shape index (κ1) is 15.0. The number of rotatable bonds is 7. The molecule has 0 aliphatic rings. The molecule has 2 rings (SSSR count). The summed E-state index contributed by atoms with van der Waals surface area (Å²) in [5.41, 5.74) is 5.41. The molecule has 0 unspecified atom stereocenters. The fraction of sp³-hybridized carbons (Fsp3) is 0.333. The predicted octanol–water partition coefficient (Wildman–Crippen LogP) is 2.25. The van der Waals surface area contributed by atoms with Crippen LogP contribution in [0.15, 0.2) is 47.4 Å². The van der Waals surface area contributed by atoms with Gasteiger partial charge in [-0.1, -0.05) is 42.8 Å². The van der Waals surface area contributed by atoms with Crippen molar-refractivity contribution in [3.05, 3.63) is 42.5 Å². The molecule has 4 nitrogen and oxygen atoms in total. The molecule has 0 radical (unpaired) electrons. The first-order valence-corrected chi connectivity index (χ1v) is 8.31. The van der Waals surface area contributed by atoms with E-state index in [1.807, 2.05) is 30.3 Å². The van der Waals surface area contributed by atoms with Crippen LogP contribution >= 0.6 is 0 Å². The van der Waals surface area contributed by atoms with Crippen molar-refractivity contribution < 1.29 is 8.42 Å². The molecule has 0 spiro atoms. The minimum Gasteiger partial charge on any atom is -0.330 e. The zero-order valence-electron chi connectivity index (χ0n) is 11.4. The van der Waals surface area contributed by atoms with Gasteiger partial charge in [0.05, 0.1) is 4.90 Å². The van der Waals surface area contributed by atoms with Crippen LogP contribution in [0.3, 0.4) is 0 Å². The van der Waals surface area contributed by atoms with Crippen molar-refractivity contribution in [1.82, 2.24) is 4.72 Å². The zero-order chi connectivity index (χ0) is 14.4. The van der Waals surface area contributed by atoms with Crippen LogP contribution in [0.1, 0.15) is 19.3 Å². The van der Waals surface area contributed by atoms with Crippen LogP contribution in [0.2, 0.25) is 0 Å². The van der Waals surface area contributed by atoms with Crippen molar-refractivity contribution in [3.63, 3.8) is 0 Å². The van der Waals surface area contributed by atoms with Gasteiger partial charge in [0.1, 0.15) is 0 Å². The standard InChI is InChI=1S/C15H20N2O2S/c16-11-4-1-5-12-17-20(18,19)15-10-6-8-13-7-2-3-9-14(13)15/h2-3,6-10,17H,1,4-5,11-12,16H2. The van der Waals surface area contributed by atoms with Crippen molar-refractivity contribution in [2.75, 3.05) is 13.1 Å². The number of sulfonamides is 1. The van der Waals surface area contributed by atoms with Gasteiger partial charge in [-0.25, -0.2) is 13.1 Å². The summed E-state index contributed by atoms with van der Waals surface area (Å²) in [6.07, 6.45) is 2.67. The lowest BCUT2D eigenvalue weighted by Gasteiger charge is -2.09. The second-order valence-electron chi connectivity index (χ2n) is 4.72. The third-order valence-corrected chi connectivity index (χ3v) is 4.73. The average molecular weight is 292 g/mol. The number of hydrogen-bond donors (Lipinski definition) is 2. The molecule has 0 fully saturated rings. The Bertz CT molecular complexity index is 663. The van der Waals surface area contributed by atoms with Gasteiger partial charge >= 0.3 is 0 Å². The Labute approximate surface area is 120 Å². The van der Waals surface area contributed by atoms with E-state index in [2.05, 4.69) is 4.72 Å². The van der Waals surface area contributed by atoms with Crippen LogP contribution in [-0.4, -0.2) is 21.5 Å². The molecule has 20 heavy (non-hydrogen) atoms. The number of hydrogen-bond acceptors (Lipinski definition) is 3. The molecule has 0 aromatic heterocycles. The maximum Gasteiger partial charge on any atom is 0.241 e. The second kappa shape index (κ2) is 6.83. The van der Waals surface area contributed by atoms with E-state index in [-0.39, 0.29) is 0 Å². The third-order valence-electron chi connectivity index (χ3n) is 3.21. The van der Waals surface area contributed by atoms with Gasteiger partial charge in [0, 0.05) is 11.9 Å². The van der Waals surface area contributed by atoms with E-state index in [1.54, 1.807) is 12.1 Å². The lowest BCUT2D eigenvalue weighted by atomic mass is 10.1. The summed E-state index contributed by atoms with van der Waals surface area (Å²) in [6.45, 7) is 1.10. The summed E-state index contributed by atoms with van der Waals surface area (Å²) in [5, 5.41) is 1.68. The highest BCUT2D eigenvalue weighted by Gasteiger charge is 2.15. The van der Waals surface area contributed by atoms with Crippen LogP contribution in [0.25, 0.3) is 10.8 Å². The summed E-state index contributed by atoms with van der Waals surface area (Å²) in [7, 11) is -3.46. The van der Waals surface area contributed by atoms with Gasteiger partial charge in [-0.15, -0.1) is 0 Å². The molecule has 0 amide bonds. The normalized spacial score (nSPS) is 11.8. The maximum atomic E-state index is 12.3. The van der Waals surface area contributed by atoms with Gasteiger partial charge in [-0.2, -0.15) is 0 Å². The monoisotopic (exact) mass is 292 g/mol. The summed E-state index contributed by atoms with van der Waals surface area (Å²) in [5.74, 6) is 0. The highest BCUT2D eigenvalue weighted by Crippen LogP contribution is 2.22. The quantitative estimate of drug-likeness (QED) is 0.769. The van der Waals surface area contributed by atoms with Crippen LogP contribution in [0.4, 0.5) is 0 Å². The summed E-state index contributed by atoms with van der Waals surface area (Å²) >= 11 is 0. The van der Waals surface area contributed by atoms with E-state index >= 15 is 0 Å². The summed E-state index contributed by atoms with van der Waals surface area (Å²) in [4.78, 5) is 0.342. The first-order chi connectivity index (χ1) is 9.65. The molecule has 0 saturated heterocycles. The molecule has 0 aliphatic heterocycles. The topological polar surface area (TPSA) is 72.2 Å². The van der Waals surface area contributed by atoms with E-state index in [0.717, 1.165) is 30.0 Å². The molecule has 108 valence electrons. The minimum absolute atomic E-state index is 0.342. The van der Waals surface area contributed by atoms with Crippen molar-refractivity contribution in [2.24, 2.45) is 5.73 Å². The van der Waals surface area contributed by atoms with E-state index in [4.69, 9.17) is 5.73 Å². The van der Waals surface area contributed by atoms with Gasteiger partial charge in [0.15, 0.2) is 0 Å². The van der Waals surface area contributed by atoms with Crippen molar-refractivity contribution in [2.45, 2.75) is 24.2 Å². The first-order valence-electron chi connectivity index (χ1n) is 6.82. The Balaban J connectivity index is 2.15. The van der Waals surface area contributed by atoms with Gasteiger partial charge in [-0.3, -0.25) is 0 Å². The lowest BCUT2D eigenvalue weighted by Crippen LogP contribution is -2.25. The molecule has 0 heterocycles. The summed E-state index contributed by atoms with van der Waals surface area (Å²) in [6, 6.07) is 12.8. The Morgan fingerprint density at radius 3 is 2.50 bits per heavy atom. The fourth-order valence-electron chi connectivity index (χ4n) is 2.16. The van der Waals surface area contributed by atoms with Crippen LogP contribution in [0.5, 0.6) is 0 Å². The van der Waals surface area contributed by atoms with E-state index in [0.29, 0.717) is 18.0 Å². The molecule has 2 aromatic rings. The van der Waals surface area contributed by atoms with Crippen LogP contribution in [0, 0.1) is 0 Å². The van der Waals surface area contributed by atoms with Gasteiger partial charge in [-0.05, 0) is 30.8 Å². The number of benzene rings is 2. The molecule has 5 heteroatoms. The smallest absolute Gasteiger partial charge is 0.241 e. The number of nitrogens with one attached hydrogen (secondary N) is 1. The Morgan fingerprint density at radius 1 is 0.950 bits per heavy atom. The zero-order valence-corrected chi connectivity index (χ0v) is 12.2. The van der Waals surface area contributed by atoms with Gasteiger partial charge < -0.3 is 5.73 Å². The number of nitrogens with two attached hydrogens (primary N) is 1. The maximum absolute atomic E-state index is 12.3. The second-order valence-corrected chi connectivity index (χ2v) is 6.46. The molecular weight excluding hydrogens is 272 g/mol. The highest BCUT2D eigenvalue weighted by molar-refractivity contribution is 7.89. The molecule has 0 aliphatic carbocycles. The minimum atomic E-state index is -3.46. The third kappa shape index (κ3) is 3.56. The average Bonchev–Trinajstić information content (AvgIpc) is 2.46. The molecule has 3 N–H and O–H groups in total. The van der Waals surface area contributed by atoms with Crippen LogP contribution < -0.4 is 10.5 Å². The van der Waals surface area contributed by atoms with Gasteiger partial charge in [0.25, 0.3) is 0 Å². The molecule has 0 bridgehead atoms. The molecule has 2 aromatic carbocycles. The Morgan fingerprint density at radius 2 is 1.70 bits per heavy atom. The fourth-order valence-corrected chi connectivity index (χ4v) is 3.46. The van der Waals surface area contributed by atoms with Crippen molar-refractivity contribution >= 4 is 20.8 Å². The number of fused-ring (bicyclic) bond motifs is 1. The largest absolute Gasteiger partial charge is 0.330 e. The van der Waals surface area contributed by atoms with E-state index in [1.165, 1.54) is 0 Å². The van der Waals surface area contributed by atoms with Crippen LogP contribution in [-0.2, 0) is 10.0 Å². The Kier molecular flexibility index (Phi) is 5.11. The Hall–Kier alpha value is -1.43. The highest BCUT2D eigenvalue weighted by atomic mass is 32.2. The molecular formula is C15H20N2O2S. The number of unbranched alkanes of at least 4 members (excludes halogenated alkanes) is 2. The van der Waals surface area contributed by atoms with Crippen molar-refractivity contribution in [3.8, 4) is 0 Å². The van der Waals surface area contributed by atoms with E-state index < -0.39 is 10.0 Å².